The molecule has 1 fully saturated rings. The molecule has 0 spiro atoms. The van der Waals surface area contributed by atoms with Gasteiger partial charge in [0.25, 0.3) is 0 Å². The molecule has 82 valence electrons. The van der Waals surface area contributed by atoms with Crippen molar-refractivity contribution in [2.24, 2.45) is 0 Å². The summed E-state index contributed by atoms with van der Waals surface area (Å²) in [5, 5.41) is 4.41. The standard InChI is InChI=1S/C12H16ClNS/c13-11-3-1-10(2-4-11)9-14-12-5-7-15-8-6-12/h1-4,12,14H,5-9H2. The Morgan fingerprint density at radius 1 is 1.20 bits per heavy atom. The molecule has 1 aromatic rings. The van der Waals surface area contributed by atoms with Crippen molar-refractivity contribution in [1.29, 1.82) is 0 Å². The molecule has 0 atom stereocenters. The van der Waals surface area contributed by atoms with Crippen LogP contribution in [0.15, 0.2) is 24.3 Å². The van der Waals surface area contributed by atoms with Gasteiger partial charge in [-0.2, -0.15) is 11.8 Å². The molecule has 0 unspecified atom stereocenters. The first-order valence-electron chi connectivity index (χ1n) is 5.40. The molecular formula is C12H16ClNS. The number of thioether (sulfide) groups is 1. The van der Waals surface area contributed by atoms with Gasteiger partial charge in [0.15, 0.2) is 0 Å². The molecule has 3 heteroatoms. The predicted octanol–water partition coefficient (Wildman–Crippen LogP) is 3.33. The molecule has 1 nitrogen and oxygen atoms in total. The second kappa shape index (κ2) is 5.78. The Balaban J connectivity index is 1.79. The summed E-state index contributed by atoms with van der Waals surface area (Å²) in [5.41, 5.74) is 1.32. The highest BCUT2D eigenvalue weighted by Gasteiger charge is 2.12. The van der Waals surface area contributed by atoms with E-state index >= 15 is 0 Å². The molecule has 0 aliphatic carbocycles. The molecule has 0 aromatic heterocycles. The molecule has 1 heterocycles. The molecule has 0 bridgehead atoms. The zero-order valence-electron chi connectivity index (χ0n) is 8.71. The van der Waals surface area contributed by atoms with Crippen LogP contribution in [-0.4, -0.2) is 17.5 Å². The normalized spacial score (nSPS) is 17.9. The monoisotopic (exact) mass is 241 g/mol. The Kier molecular flexibility index (Phi) is 4.36. The van der Waals surface area contributed by atoms with Crippen molar-refractivity contribution in [2.75, 3.05) is 11.5 Å². The van der Waals surface area contributed by atoms with Crippen molar-refractivity contribution in [3.63, 3.8) is 0 Å². The van der Waals surface area contributed by atoms with Crippen LogP contribution in [0.2, 0.25) is 5.02 Å². The highest BCUT2D eigenvalue weighted by atomic mass is 35.5. The van der Waals surface area contributed by atoms with Crippen LogP contribution in [0.1, 0.15) is 18.4 Å². The van der Waals surface area contributed by atoms with Gasteiger partial charge >= 0.3 is 0 Å². The van der Waals surface area contributed by atoms with Crippen molar-refractivity contribution in [1.82, 2.24) is 5.32 Å². The minimum Gasteiger partial charge on any atom is -0.310 e. The maximum atomic E-state index is 5.84. The fourth-order valence-corrected chi connectivity index (χ4v) is 3.00. The van der Waals surface area contributed by atoms with Gasteiger partial charge in [-0.05, 0) is 42.0 Å². The lowest BCUT2D eigenvalue weighted by Crippen LogP contribution is -2.31. The quantitative estimate of drug-likeness (QED) is 0.872. The second-order valence-corrected chi connectivity index (χ2v) is 5.56. The second-order valence-electron chi connectivity index (χ2n) is 3.89. The summed E-state index contributed by atoms with van der Waals surface area (Å²) in [5.74, 6) is 2.61. The van der Waals surface area contributed by atoms with Crippen molar-refractivity contribution >= 4 is 23.4 Å². The third-order valence-corrected chi connectivity index (χ3v) is 4.03. The van der Waals surface area contributed by atoms with Gasteiger partial charge in [-0.1, -0.05) is 23.7 Å². The molecule has 1 saturated heterocycles. The smallest absolute Gasteiger partial charge is 0.0406 e. The zero-order chi connectivity index (χ0) is 10.5. The molecule has 1 aliphatic heterocycles. The van der Waals surface area contributed by atoms with Gasteiger partial charge in [0.1, 0.15) is 0 Å². The van der Waals surface area contributed by atoms with Gasteiger partial charge in [0, 0.05) is 17.6 Å². The maximum absolute atomic E-state index is 5.84. The molecule has 1 aromatic carbocycles. The Labute approximate surface area is 101 Å². The molecule has 1 N–H and O–H groups in total. The fourth-order valence-electron chi connectivity index (χ4n) is 1.77. The zero-order valence-corrected chi connectivity index (χ0v) is 10.3. The van der Waals surface area contributed by atoms with E-state index in [1.54, 1.807) is 0 Å². The van der Waals surface area contributed by atoms with Gasteiger partial charge in [-0.15, -0.1) is 0 Å². The summed E-state index contributed by atoms with van der Waals surface area (Å²) in [6.07, 6.45) is 2.61. The number of hydrogen-bond donors (Lipinski definition) is 1. The SMILES string of the molecule is Clc1ccc(CNC2CCSCC2)cc1. The van der Waals surface area contributed by atoms with E-state index in [1.807, 2.05) is 12.1 Å². The van der Waals surface area contributed by atoms with Crippen LogP contribution in [-0.2, 0) is 6.54 Å². The van der Waals surface area contributed by atoms with E-state index < -0.39 is 0 Å². The van der Waals surface area contributed by atoms with Crippen molar-refractivity contribution in [2.45, 2.75) is 25.4 Å². The highest BCUT2D eigenvalue weighted by Crippen LogP contribution is 2.17. The van der Waals surface area contributed by atoms with E-state index in [1.165, 1.54) is 29.9 Å². The van der Waals surface area contributed by atoms with Gasteiger partial charge < -0.3 is 5.32 Å². The van der Waals surface area contributed by atoms with Crippen molar-refractivity contribution in [3.05, 3.63) is 34.9 Å². The lowest BCUT2D eigenvalue weighted by molar-refractivity contribution is 0.482. The molecule has 1 aliphatic rings. The minimum absolute atomic E-state index is 0.710. The lowest BCUT2D eigenvalue weighted by atomic mass is 10.1. The van der Waals surface area contributed by atoms with E-state index in [9.17, 15) is 0 Å². The van der Waals surface area contributed by atoms with E-state index in [4.69, 9.17) is 11.6 Å². The lowest BCUT2D eigenvalue weighted by Gasteiger charge is -2.22. The summed E-state index contributed by atoms with van der Waals surface area (Å²) in [6, 6.07) is 8.80. The Bertz CT molecular complexity index is 293. The number of nitrogens with one attached hydrogen (secondary N) is 1. The van der Waals surface area contributed by atoms with Gasteiger partial charge in [-0.3, -0.25) is 0 Å². The summed E-state index contributed by atoms with van der Waals surface area (Å²) in [7, 11) is 0. The first kappa shape index (κ1) is 11.3. The summed E-state index contributed by atoms with van der Waals surface area (Å²) in [4.78, 5) is 0. The van der Waals surface area contributed by atoms with Gasteiger partial charge in [0.05, 0.1) is 0 Å². The van der Waals surface area contributed by atoms with Crippen molar-refractivity contribution < 1.29 is 0 Å². The number of hydrogen-bond acceptors (Lipinski definition) is 2. The molecular weight excluding hydrogens is 226 g/mol. The Morgan fingerprint density at radius 2 is 1.87 bits per heavy atom. The average Bonchev–Trinajstić information content (AvgIpc) is 2.30. The summed E-state index contributed by atoms with van der Waals surface area (Å²) >= 11 is 7.90. The Morgan fingerprint density at radius 3 is 2.53 bits per heavy atom. The van der Waals surface area contributed by atoms with Gasteiger partial charge in [-0.25, -0.2) is 0 Å². The van der Waals surface area contributed by atoms with Crippen LogP contribution >= 0.6 is 23.4 Å². The fraction of sp³-hybridized carbons (Fsp3) is 0.500. The van der Waals surface area contributed by atoms with E-state index in [2.05, 4.69) is 29.2 Å². The maximum Gasteiger partial charge on any atom is 0.0406 e. The molecule has 2 rings (SSSR count). The van der Waals surface area contributed by atoms with Crippen LogP contribution in [0, 0.1) is 0 Å². The number of benzene rings is 1. The third kappa shape index (κ3) is 3.71. The van der Waals surface area contributed by atoms with Crippen LogP contribution in [0.5, 0.6) is 0 Å². The Hall–Kier alpha value is -0.180. The van der Waals surface area contributed by atoms with Crippen molar-refractivity contribution in [3.8, 4) is 0 Å². The van der Waals surface area contributed by atoms with Crippen LogP contribution in [0.4, 0.5) is 0 Å². The van der Waals surface area contributed by atoms with E-state index in [0.29, 0.717) is 6.04 Å². The van der Waals surface area contributed by atoms with E-state index in [0.717, 1.165) is 11.6 Å². The topological polar surface area (TPSA) is 12.0 Å². The van der Waals surface area contributed by atoms with Crippen LogP contribution in [0.3, 0.4) is 0 Å². The average molecular weight is 242 g/mol. The third-order valence-electron chi connectivity index (χ3n) is 2.73. The van der Waals surface area contributed by atoms with Crippen LogP contribution in [0.25, 0.3) is 0 Å². The van der Waals surface area contributed by atoms with Gasteiger partial charge in [0.2, 0.25) is 0 Å². The first-order valence-corrected chi connectivity index (χ1v) is 6.93. The highest BCUT2D eigenvalue weighted by molar-refractivity contribution is 7.99. The molecule has 15 heavy (non-hydrogen) atoms. The number of halogens is 1. The predicted molar refractivity (Wildman–Crippen MR) is 68.6 cm³/mol. The van der Waals surface area contributed by atoms with E-state index in [-0.39, 0.29) is 0 Å². The first-order chi connectivity index (χ1) is 7.34. The summed E-state index contributed by atoms with van der Waals surface area (Å²) in [6.45, 7) is 0.965. The molecule has 0 amide bonds. The molecule has 0 saturated carbocycles. The molecule has 0 radical (unpaired) electrons. The largest absolute Gasteiger partial charge is 0.310 e. The summed E-state index contributed by atoms with van der Waals surface area (Å²) < 4.78 is 0. The van der Waals surface area contributed by atoms with Crippen LogP contribution < -0.4 is 5.32 Å². The number of rotatable bonds is 3. The minimum atomic E-state index is 0.710.